The minimum absolute atomic E-state index is 0.112. The summed E-state index contributed by atoms with van der Waals surface area (Å²) >= 11 is 0. The van der Waals surface area contributed by atoms with Crippen LogP contribution in [-0.4, -0.2) is 42.7 Å². The summed E-state index contributed by atoms with van der Waals surface area (Å²) in [4.78, 5) is 15.2. The molecule has 1 aromatic heterocycles. The van der Waals surface area contributed by atoms with Gasteiger partial charge in [-0.1, -0.05) is 54.0 Å². The van der Waals surface area contributed by atoms with Gasteiger partial charge in [-0.15, -0.1) is 0 Å². The van der Waals surface area contributed by atoms with Gasteiger partial charge < -0.3 is 14.6 Å². The number of hydrogen-bond acceptors (Lipinski definition) is 5. The molecule has 156 valence electrons. The van der Waals surface area contributed by atoms with Gasteiger partial charge in [-0.25, -0.2) is 0 Å². The molecule has 2 heterocycles. The molecule has 4 rings (SSSR count). The maximum atomic E-state index is 12.7. The molecule has 1 aliphatic rings. The summed E-state index contributed by atoms with van der Waals surface area (Å²) in [6, 6.07) is 19.5. The van der Waals surface area contributed by atoms with Gasteiger partial charge in [0.05, 0.1) is 13.2 Å². The van der Waals surface area contributed by atoms with Crippen molar-refractivity contribution in [1.29, 1.82) is 0 Å². The molecule has 0 bridgehead atoms. The molecule has 1 atom stereocenters. The van der Waals surface area contributed by atoms with Gasteiger partial charge >= 0.3 is 0 Å². The van der Waals surface area contributed by atoms with Crippen molar-refractivity contribution in [2.45, 2.75) is 25.3 Å². The molecule has 0 radical (unpaired) electrons. The van der Waals surface area contributed by atoms with Crippen LogP contribution in [-0.2, 0) is 0 Å². The van der Waals surface area contributed by atoms with Gasteiger partial charge in [-0.3, -0.25) is 9.69 Å². The third-order valence-electron chi connectivity index (χ3n) is 5.59. The first-order chi connectivity index (χ1) is 14.7. The van der Waals surface area contributed by atoms with Crippen LogP contribution in [0.25, 0.3) is 11.3 Å². The normalized spacial score (nSPS) is 15.5. The fourth-order valence-corrected chi connectivity index (χ4v) is 3.91. The summed E-state index contributed by atoms with van der Waals surface area (Å²) in [5.74, 6) is 1.19. The SMILES string of the molecule is COc1ccc([C@H](CNC(=O)c2cc(-c3ccccc3)on2)N2CCCCC2)cc1. The molecular weight excluding hydrogens is 378 g/mol. The predicted octanol–water partition coefficient (Wildman–Crippen LogP) is 4.31. The Morgan fingerprint density at radius 2 is 1.83 bits per heavy atom. The lowest BCUT2D eigenvalue weighted by atomic mass is 10.0. The molecule has 6 nitrogen and oxygen atoms in total. The maximum absolute atomic E-state index is 12.7. The van der Waals surface area contributed by atoms with Gasteiger partial charge in [0.15, 0.2) is 11.5 Å². The number of piperidine rings is 1. The lowest BCUT2D eigenvalue weighted by Gasteiger charge is -2.35. The number of benzene rings is 2. The van der Waals surface area contributed by atoms with Crippen LogP contribution in [0.3, 0.4) is 0 Å². The van der Waals surface area contributed by atoms with Crippen LogP contribution in [0.5, 0.6) is 5.75 Å². The summed E-state index contributed by atoms with van der Waals surface area (Å²) in [7, 11) is 1.67. The lowest BCUT2D eigenvalue weighted by Crippen LogP contribution is -2.40. The highest BCUT2D eigenvalue weighted by atomic mass is 16.5. The average molecular weight is 405 g/mol. The van der Waals surface area contributed by atoms with Crippen LogP contribution >= 0.6 is 0 Å². The number of ether oxygens (including phenoxy) is 1. The average Bonchev–Trinajstić information content (AvgIpc) is 3.31. The van der Waals surface area contributed by atoms with E-state index in [0.717, 1.165) is 24.4 Å². The zero-order valence-corrected chi connectivity index (χ0v) is 17.2. The third kappa shape index (κ3) is 4.71. The number of rotatable bonds is 7. The van der Waals surface area contributed by atoms with Crippen molar-refractivity contribution in [3.05, 3.63) is 71.9 Å². The van der Waals surface area contributed by atoms with Crippen molar-refractivity contribution < 1.29 is 14.1 Å². The van der Waals surface area contributed by atoms with Crippen molar-refractivity contribution in [2.75, 3.05) is 26.7 Å². The van der Waals surface area contributed by atoms with Crippen molar-refractivity contribution in [3.63, 3.8) is 0 Å². The van der Waals surface area contributed by atoms with Crippen molar-refractivity contribution in [2.24, 2.45) is 0 Å². The number of carbonyl (C=O) groups excluding carboxylic acids is 1. The Kier molecular flexibility index (Phi) is 6.44. The van der Waals surface area contributed by atoms with E-state index in [1.165, 1.54) is 24.8 Å². The van der Waals surface area contributed by atoms with Crippen LogP contribution in [0.1, 0.15) is 41.4 Å². The van der Waals surface area contributed by atoms with Gasteiger partial charge in [0, 0.05) is 18.2 Å². The Labute approximate surface area is 176 Å². The van der Waals surface area contributed by atoms with E-state index in [4.69, 9.17) is 9.26 Å². The maximum Gasteiger partial charge on any atom is 0.273 e. The first-order valence-corrected chi connectivity index (χ1v) is 10.4. The fraction of sp³-hybridized carbons (Fsp3) is 0.333. The Balaban J connectivity index is 1.46. The standard InChI is InChI=1S/C24H27N3O3/c1-29-20-12-10-18(11-13-20)22(27-14-6-3-7-15-27)17-25-24(28)21-16-23(30-26-21)19-8-4-2-5-9-19/h2,4-5,8-13,16,22H,3,6-7,14-15,17H2,1H3,(H,25,28)/t22-/m0/s1. The Morgan fingerprint density at radius 1 is 1.10 bits per heavy atom. The van der Waals surface area contributed by atoms with E-state index in [-0.39, 0.29) is 11.9 Å². The number of likely N-dealkylation sites (tertiary alicyclic amines) is 1. The number of nitrogens with zero attached hydrogens (tertiary/aromatic N) is 2. The molecule has 0 aliphatic carbocycles. The largest absolute Gasteiger partial charge is 0.497 e. The van der Waals surface area contributed by atoms with Crippen molar-refractivity contribution in [3.8, 4) is 17.1 Å². The Bertz CT molecular complexity index is 947. The molecule has 1 fully saturated rings. The Hall–Kier alpha value is -3.12. The van der Waals surface area contributed by atoms with Gasteiger partial charge in [0.1, 0.15) is 5.75 Å². The van der Waals surface area contributed by atoms with E-state index >= 15 is 0 Å². The second-order valence-corrected chi connectivity index (χ2v) is 7.54. The first kappa shape index (κ1) is 20.2. The molecule has 0 unspecified atom stereocenters. The number of carbonyl (C=O) groups is 1. The number of nitrogens with one attached hydrogen (secondary N) is 1. The summed E-state index contributed by atoms with van der Waals surface area (Å²) in [6.07, 6.45) is 3.63. The number of methoxy groups -OCH3 is 1. The number of amides is 1. The molecule has 0 spiro atoms. The quantitative estimate of drug-likeness (QED) is 0.635. The third-order valence-corrected chi connectivity index (χ3v) is 5.59. The lowest BCUT2D eigenvalue weighted by molar-refractivity contribution is 0.0915. The molecule has 3 aromatic rings. The van der Waals surface area contributed by atoms with E-state index in [9.17, 15) is 4.79 Å². The van der Waals surface area contributed by atoms with Crippen LogP contribution in [0.15, 0.2) is 65.2 Å². The smallest absolute Gasteiger partial charge is 0.273 e. The van der Waals surface area contributed by atoms with E-state index in [2.05, 4.69) is 27.5 Å². The zero-order chi connectivity index (χ0) is 20.8. The summed E-state index contributed by atoms with van der Waals surface area (Å²) in [6.45, 7) is 2.59. The molecule has 1 amide bonds. The first-order valence-electron chi connectivity index (χ1n) is 10.4. The molecule has 0 saturated carbocycles. The topological polar surface area (TPSA) is 67.6 Å². The highest BCUT2D eigenvalue weighted by Crippen LogP contribution is 2.26. The van der Waals surface area contributed by atoms with Gasteiger partial charge in [-0.2, -0.15) is 0 Å². The van der Waals surface area contributed by atoms with Crippen LogP contribution < -0.4 is 10.1 Å². The summed E-state index contributed by atoms with van der Waals surface area (Å²) < 4.78 is 10.7. The molecule has 30 heavy (non-hydrogen) atoms. The molecule has 1 saturated heterocycles. The van der Waals surface area contributed by atoms with Crippen LogP contribution in [0.4, 0.5) is 0 Å². The van der Waals surface area contributed by atoms with E-state index in [1.54, 1.807) is 13.2 Å². The van der Waals surface area contributed by atoms with Crippen LogP contribution in [0.2, 0.25) is 0 Å². The van der Waals surface area contributed by atoms with Crippen molar-refractivity contribution >= 4 is 5.91 Å². The van der Waals surface area contributed by atoms with E-state index in [0.29, 0.717) is 18.0 Å². The molecule has 1 aliphatic heterocycles. The number of aromatic nitrogens is 1. The van der Waals surface area contributed by atoms with Gasteiger partial charge in [-0.05, 0) is 43.6 Å². The van der Waals surface area contributed by atoms with Gasteiger partial charge in [0.25, 0.3) is 5.91 Å². The second-order valence-electron chi connectivity index (χ2n) is 7.54. The zero-order valence-electron chi connectivity index (χ0n) is 17.2. The fourth-order valence-electron chi connectivity index (χ4n) is 3.91. The molecule has 1 N–H and O–H groups in total. The highest BCUT2D eigenvalue weighted by Gasteiger charge is 2.24. The monoisotopic (exact) mass is 405 g/mol. The van der Waals surface area contributed by atoms with E-state index < -0.39 is 0 Å². The summed E-state index contributed by atoms with van der Waals surface area (Å²) in [5.41, 5.74) is 2.36. The minimum Gasteiger partial charge on any atom is -0.497 e. The summed E-state index contributed by atoms with van der Waals surface area (Å²) in [5, 5.41) is 7.02. The van der Waals surface area contributed by atoms with Crippen LogP contribution in [0, 0.1) is 0 Å². The minimum atomic E-state index is -0.226. The molecular formula is C24H27N3O3. The van der Waals surface area contributed by atoms with Gasteiger partial charge in [0.2, 0.25) is 0 Å². The molecule has 2 aromatic carbocycles. The molecule has 6 heteroatoms. The van der Waals surface area contributed by atoms with E-state index in [1.807, 2.05) is 42.5 Å². The van der Waals surface area contributed by atoms with Crippen molar-refractivity contribution in [1.82, 2.24) is 15.4 Å². The second kappa shape index (κ2) is 9.59. The predicted molar refractivity (Wildman–Crippen MR) is 115 cm³/mol. The highest BCUT2D eigenvalue weighted by molar-refractivity contribution is 5.93. The number of hydrogen-bond donors (Lipinski definition) is 1. The Morgan fingerprint density at radius 3 is 2.53 bits per heavy atom.